The van der Waals surface area contributed by atoms with E-state index in [4.69, 9.17) is 5.73 Å². The normalized spacial score (nSPS) is 18.1. The van der Waals surface area contributed by atoms with Gasteiger partial charge in [-0.15, -0.1) is 0 Å². The van der Waals surface area contributed by atoms with Gasteiger partial charge in [0.2, 0.25) is 5.91 Å². The molecule has 1 fully saturated rings. The zero-order valence-electron chi connectivity index (χ0n) is 10.5. The standard InChI is InChI=1S/C12H25N3O/c1-10(2)11-3-7-15(8-4-11)12(16)9-14-6-5-13/h10-11,14H,3-9,13H2,1-2H3. The molecule has 4 heteroatoms. The number of carbonyl (C=O) groups excluding carboxylic acids is 1. The van der Waals surface area contributed by atoms with Gasteiger partial charge in [-0.2, -0.15) is 0 Å². The lowest BCUT2D eigenvalue weighted by molar-refractivity contribution is -0.131. The molecule has 0 radical (unpaired) electrons. The average molecular weight is 227 g/mol. The molecule has 0 unspecified atom stereocenters. The molecule has 1 aliphatic rings. The van der Waals surface area contributed by atoms with Crippen molar-refractivity contribution in [1.29, 1.82) is 0 Å². The summed E-state index contributed by atoms with van der Waals surface area (Å²) in [6, 6.07) is 0. The van der Waals surface area contributed by atoms with Crippen molar-refractivity contribution in [3.63, 3.8) is 0 Å². The predicted octanol–water partition coefficient (Wildman–Crippen LogP) is 0.429. The van der Waals surface area contributed by atoms with Crippen LogP contribution in [0.2, 0.25) is 0 Å². The molecule has 0 aromatic carbocycles. The van der Waals surface area contributed by atoms with Gasteiger partial charge in [0.1, 0.15) is 0 Å². The first-order chi connectivity index (χ1) is 7.65. The van der Waals surface area contributed by atoms with Gasteiger partial charge in [0.25, 0.3) is 0 Å². The van der Waals surface area contributed by atoms with E-state index < -0.39 is 0 Å². The van der Waals surface area contributed by atoms with Crippen molar-refractivity contribution in [3.05, 3.63) is 0 Å². The van der Waals surface area contributed by atoms with E-state index in [1.54, 1.807) is 0 Å². The third kappa shape index (κ3) is 4.10. The van der Waals surface area contributed by atoms with E-state index in [0.29, 0.717) is 19.6 Å². The summed E-state index contributed by atoms with van der Waals surface area (Å²) in [4.78, 5) is 13.7. The Balaban J connectivity index is 2.22. The summed E-state index contributed by atoms with van der Waals surface area (Å²) in [5.74, 6) is 1.75. The van der Waals surface area contributed by atoms with Crippen LogP contribution in [0.5, 0.6) is 0 Å². The second-order valence-corrected chi connectivity index (χ2v) is 4.93. The molecule has 0 atom stereocenters. The quantitative estimate of drug-likeness (QED) is 0.670. The largest absolute Gasteiger partial charge is 0.342 e. The maximum atomic E-state index is 11.8. The second-order valence-electron chi connectivity index (χ2n) is 4.93. The van der Waals surface area contributed by atoms with Gasteiger partial charge in [0, 0.05) is 26.2 Å². The smallest absolute Gasteiger partial charge is 0.236 e. The summed E-state index contributed by atoms with van der Waals surface area (Å²) in [6.45, 7) is 8.12. The van der Waals surface area contributed by atoms with Crippen molar-refractivity contribution in [2.45, 2.75) is 26.7 Å². The highest BCUT2D eigenvalue weighted by atomic mass is 16.2. The lowest BCUT2D eigenvalue weighted by Crippen LogP contribution is -2.44. The number of hydrogen-bond acceptors (Lipinski definition) is 3. The first kappa shape index (κ1) is 13.5. The molecule has 1 heterocycles. The Bertz CT molecular complexity index is 210. The second kappa shape index (κ2) is 6.86. The van der Waals surface area contributed by atoms with Crippen LogP contribution >= 0.6 is 0 Å². The Hall–Kier alpha value is -0.610. The molecule has 0 aromatic rings. The molecule has 4 nitrogen and oxygen atoms in total. The fraction of sp³-hybridized carbons (Fsp3) is 0.917. The molecule has 0 spiro atoms. The van der Waals surface area contributed by atoms with Gasteiger partial charge in [-0.05, 0) is 24.7 Å². The van der Waals surface area contributed by atoms with Crippen LogP contribution in [0.15, 0.2) is 0 Å². The number of piperidine rings is 1. The molecule has 94 valence electrons. The van der Waals surface area contributed by atoms with E-state index >= 15 is 0 Å². The van der Waals surface area contributed by atoms with Gasteiger partial charge in [0.05, 0.1) is 6.54 Å². The number of nitrogens with two attached hydrogens (primary N) is 1. The topological polar surface area (TPSA) is 58.4 Å². The third-order valence-corrected chi connectivity index (χ3v) is 3.43. The van der Waals surface area contributed by atoms with Gasteiger partial charge in [-0.1, -0.05) is 13.8 Å². The molecule has 1 amide bonds. The number of nitrogens with one attached hydrogen (secondary N) is 1. The Morgan fingerprint density at radius 2 is 2.06 bits per heavy atom. The SMILES string of the molecule is CC(C)C1CCN(C(=O)CNCCN)CC1. The van der Waals surface area contributed by atoms with Crippen molar-refractivity contribution in [2.75, 3.05) is 32.7 Å². The fourth-order valence-electron chi connectivity index (χ4n) is 2.22. The van der Waals surface area contributed by atoms with Crippen LogP contribution in [0.4, 0.5) is 0 Å². The molecular weight excluding hydrogens is 202 g/mol. The van der Waals surface area contributed by atoms with Gasteiger partial charge < -0.3 is 16.0 Å². The summed E-state index contributed by atoms with van der Waals surface area (Å²) in [6.07, 6.45) is 2.31. The third-order valence-electron chi connectivity index (χ3n) is 3.43. The van der Waals surface area contributed by atoms with Crippen LogP contribution in [-0.4, -0.2) is 43.5 Å². The van der Waals surface area contributed by atoms with Crippen molar-refractivity contribution < 1.29 is 4.79 Å². The summed E-state index contributed by atoms with van der Waals surface area (Å²) >= 11 is 0. The van der Waals surface area contributed by atoms with E-state index in [-0.39, 0.29) is 5.91 Å². The van der Waals surface area contributed by atoms with Gasteiger partial charge in [0.15, 0.2) is 0 Å². The molecule has 0 saturated carbocycles. The van der Waals surface area contributed by atoms with E-state index in [9.17, 15) is 4.79 Å². The molecule has 16 heavy (non-hydrogen) atoms. The lowest BCUT2D eigenvalue weighted by Gasteiger charge is -2.34. The molecule has 1 saturated heterocycles. The highest BCUT2D eigenvalue weighted by Gasteiger charge is 2.23. The minimum absolute atomic E-state index is 0.218. The summed E-state index contributed by atoms with van der Waals surface area (Å²) in [5, 5.41) is 3.05. The molecule has 0 aliphatic carbocycles. The number of amides is 1. The molecule has 1 rings (SSSR count). The van der Waals surface area contributed by atoms with Crippen molar-refractivity contribution in [2.24, 2.45) is 17.6 Å². The Kier molecular flexibility index (Phi) is 5.77. The Morgan fingerprint density at radius 1 is 1.44 bits per heavy atom. The highest BCUT2D eigenvalue weighted by molar-refractivity contribution is 5.78. The van der Waals surface area contributed by atoms with Crippen molar-refractivity contribution in [1.82, 2.24) is 10.2 Å². The fourth-order valence-corrected chi connectivity index (χ4v) is 2.22. The summed E-state index contributed by atoms with van der Waals surface area (Å²) in [5.41, 5.74) is 5.36. The van der Waals surface area contributed by atoms with Gasteiger partial charge in [-0.25, -0.2) is 0 Å². The molecule has 0 aromatic heterocycles. The number of carbonyl (C=O) groups is 1. The number of rotatable bonds is 5. The first-order valence-electron chi connectivity index (χ1n) is 6.33. The molecular formula is C12H25N3O. The van der Waals surface area contributed by atoms with Crippen LogP contribution in [0.3, 0.4) is 0 Å². The highest BCUT2D eigenvalue weighted by Crippen LogP contribution is 2.24. The summed E-state index contributed by atoms with van der Waals surface area (Å²) in [7, 11) is 0. The minimum Gasteiger partial charge on any atom is -0.342 e. The zero-order valence-corrected chi connectivity index (χ0v) is 10.5. The van der Waals surface area contributed by atoms with E-state index in [0.717, 1.165) is 37.8 Å². The lowest BCUT2D eigenvalue weighted by atomic mass is 9.87. The van der Waals surface area contributed by atoms with Crippen molar-refractivity contribution >= 4 is 5.91 Å². The maximum absolute atomic E-state index is 11.8. The summed E-state index contributed by atoms with van der Waals surface area (Å²) < 4.78 is 0. The van der Waals surface area contributed by atoms with Crippen LogP contribution in [0.1, 0.15) is 26.7 Å². The molecule has 1 aliphatic heterocycles. The maximum Gasteiger partial charge on any atom is 0.236 e. The van der Waals surface area contributed by atoms with Crippen LogP contribution in [0, 0.1) is 11.8 Å². The van der Waals surface area contributed by atoms with E-state index in [1.165, 1.54) is 0 Å². The van der Waals surface area contributed by atoms with Crippen LogP contribution in [0.25, 0.3) is 0 Å². The minimum atomic E-state index is 0.218. The van der Waals surface area contributed by atoms with Crippen LogP contribution < -0.4 is 11.1 Å². The van der Waals surface area contributed by atoms with Gasteiger partial charge in [-0.3, -0.25) is 4.79 Å². The molecule has 0 bridgehead atoms. The number of nitrogens with zero attached hydrogens (tertiary/aromatic N) is 1. The number of likely N-dealkylation sites (tertiary alicyclic amines) is 1. The van der Waals surface area contributed by atoms with Gasteiger partial charge >= 0.3 is 0 Å². The monoisotopic (exact) mass is 227 g/mol. The van der Waals surface area contributed by atoms with Crippen molar-refractivity contribution in [3.8, 4) is 0 Å². The number of hydrogen-bond donors (Lipinski definition) is 2. The zero-order chi connectivity index (χ0) is 12.0. The molecule has 3 N–H and O–H groups in total. The van der Waals surface area contributed by atoms with E-state index in [2.05, 4.69) is 19.2 Å². The van der Waals surface area contributed by atoms with E-state index in [1.807, 2.05) is 4.90 Å². The van der Waals surface area contributed by atoms with Crippen LogP contribution in [-0.2, 0) is 4.79 Å². The average Bonchev–Trinajstić information content (AvgIpc) is 2.29. The first-order valence-corrected chi connectivity index (χ1v) is 6.33. The Morgan fingerprint density at radius 3 is 2.56 bits per heavy atom. The predicted molar refractivity (Wildman–Crippen MR) is 66.1 cm³/mol. The Labute approximate surface area is 98.6 Å².